The van der Waals surface area contributed by atoms with Crippen LogP contribution in [-0.2, 0) is 4.74 Å². The van der Waals surface area contributed by atoms with Gasteiger partial charge in [0.05, 0.1) is 25.1 Å². The van der Waals surface area contributed by atoms with E-state index in [-0.39, 0.29) is 12.4 Å². The highest BCUT2D eigenvalue weighted by Gasteiger charge is 2.22. The number of halogens is 1. The van der Waals surface area contributed by atoms with E-state index in [9.17, 15) is 0 Å². The van der Waals surface area contributed by atoms with Gasteiger partial charge in [0.2, 0.25) is 0 Å². The van der Waals surface area contributed by atoms with Crippen molar-refractivity contribution in [3.05, 3.63) is 0 Å². The molecule has 3 heteroatoms. The maximum atomic E-state index is 4.98. The van der Waals surface area contributed by atoms with Crippen LogP contribution in [0.15, 0.2) is 0 Å². The molecule has 0 spiro atoms. The van der Waals surface area contributed by atoms with Gasteiger partial charge in [0.1, 0.15) is 0 Å². The maximum absolute atomic E-state index is 4.98. The predicted molar refractivity (Wildman–Crippen MR) is 31.1 cm³/mol. The SMILES string of the molecule is CN(C)CC1CO1.[ClH2+]. The Morgan fingerprint density at radius 3 is 2.25 bits per heavy atom. The first-order valence-corrected chi connectivity index (χ1v) is 2.55. The lowest BCUT2D eigenvalue weighted by atomic mass is 10.5. The minimum absolute atomic E-state index is 0. The van der Waals surface area contributed by atoms with Crippen molar-refractivity contribution in [1.29, 1.82) is 0 Å². The van der Waals surface area contributed by atoms with E-state index in [4.69, 9.17) is 4.74 Å². The first kappa shape index (κ1) is 8.21. The summed E-state index contributed by atoms with van der Waals surface area (Å²) in [4.78, 5) is 2.14. The van der Waals surface area contributed by atoms with E-state index in [1.54, 1.807) is 0 Å². The summed E-state index contributed by atoms with van der Waals surface area (Å²) in [5, 5.41) is 0. The quantitative estimate of drug-likeness (QED) is 0.475. The molecule has 1 rings (SSSR count). The Labute approximate surface area is 56.2 Å². The summed E-state index contributed by atoms with van der Waals surface area (Å²) in [6, 6.07) is 0. The third-order valence-corrected chi connectivity index (χ3v) is 0.971. The largest absolute Gasteiger partial charge is 0.372 e. The van der Waals surface area contributed by atoms with Gasteiger partial charge in [-0.2, -0.15) is 0 Å². The molecule has 1 saturated heterocycles. The fraction of sp³-hybridized carbons (Fsp3) is 1.00. The zero-order chi connectivity index (χ0) is 5.28. The van der Waals surface area contributed by atoms with Crippen LogP contribution in [0.25, 0.3) is 0 Å². The van der Waals surface area contributed by atoms with E-state index < -0.39 is 0 Å². The zero-order valence-corrected chi connectivity index (χ0v) is 6.19. The summed E-state index contributed by atoms with van der Waals surface area (Å²) in [6.45, 7) is 2.05. The molecule has 0 aromatic carbocycles. The first-order valence-electron chi connectivity index (χ1n) is 2.55. The van der Waals surface area contributed by atoms with Crippen molar-refractivity contribution in [3.63, 3.8) is 0 Å². The lowest BCUT2D eigenvalue weighted by molar-refractivity contribution is -0.00000211. The molecule has 0 radical (unpaired) electrons. The van der Waals surface area contributed by atoms with Crippen LogP contribution in [0.3, 0.4) is 0 Å². The summed E-state index contributed by atoms with van der Waals surface area (Å²) >= 11 is 0. The Bertz CT molecular complexity index is 63.4. The fourth-order valence-corrected chi connectivity index (χ4v) is 0.581. The highest BCUT2D eigenvalue weighted by atomic mass is 35.5. The summed E-state index contributed by atoms with van der Waals surface area (Å²) in [5.74, 6) is 0. The molecular weight excluding hydrogens is 126 g/mol. The monoisotopic (exact) mass is 138 g/mol. The third-order valence-electron chi connectivity index (χ3n) is 0.971. The van der Waals surface area contributed by atoms with Crippen LogP contribution in [0.1, 0.15) is 0 Å². The minimum atomic E-state index is 0. The van der Waals surface area contributed by atoms with E-state index in [2.05, 4.69) is 19.0 Å². The van der Waals surface area contributed by atoms with Crippen LogP contribution in [0.5, 0.6) is 0 Å². The molecular formula is C5H13ClNO+. The Morgan fingerprint density at radius 1 is 1.62 bits per heavy atom. The molecule has 50 valence electrons. The summed E-state index contributed by atoms with van der Waals surface area (Å²) < 4.78 is 4.98. The molecule has 2 nitrogen and oxygen atoms in total. The second-order valence-corrected chi connectivity index (χ2v) is 2.22. The molecule has 0 saturated carbocycles. The topological polar surface area (TPSA) is 15.8 Å². The molecule has 1 heterocycles. The van der Waals surface area contributed by atoms with Gasteiger partial charge in [0, 0.05) is 6.54 Å². The van der Waals surface area contributed by atoms with Crippen molar-refractivity contribution in [3.8, 4) is 0 Å². The maximum Gasteiger partial charge on any atom is 0.0936 e. The standard InChI is InChI=1S/C5H11NO.ClH2/c1-6(2)3-5-4-7-5;/h5H,3-4H2,1-2H3;1H2/q;+1. The molecule has 0 bridgehead atoms. The molecule has 0 N–H and O–H groups in total. The van der Waals surface area contributed by atoms with Crippen molar-refractivity contribution in [2.45, 2.75) is 6.10 Å². The third kappa shape index (κ3) is 3.24. The second-order valence-electron chi connectivity index (χ2n) is 2.22. The Balaban J connectivity index is 0.000000490. The second kappa shape index (κ2) is 3.28. The van der Waals surface area contributed by atoms with Gasteiger partial charge in [-0.25, -0.2) is 0 Å². The average Bonchev–Trinajstić information content (AvgIpc) is 2.17. The first-order chi connectivity index (χ1) is 3.29. The smallest absolute Gasteiger partial charge is 0.0936 e. The fourth-order valence-electron chi connectivity index (χ4n) is 0.581. The van der Waals surface area contributed by atoms with Crippen molar-refractivity contribution in [2.24, 2.45) is 0 Å². The predicted octanol–water partition coefficient (Wildman–Crippen LogP) is -0.589. The molecule has 0 aliphatic carbocycles. The molecule has 1 unspecified atom stereocenters. The van der Waals surface area contributed by atoms with Gasteiger partial charge < -0.3 is 9.64 Å². The van der Waals surface area contributed by atoms with E-state index >= 15 is 0 Å². The van der Waals surface area contributed by atoms with Gasteiger partial charge in [0.25, 0.3) is 0 Å². The van der Waals surface area contributed by atoms with Gasteiger partial charge in [-0.3, -0.25) is 0 Å². The van der Waals surface area contributed by atoms with E-state index in [1.807, 2.05) is 0 Å². The number of ether oxygens (including phenoxy) is 1. The van der Waals surface area contributed by atoms with Gasteiger partial charge in [-0.05, 0) is 14.1 Å². The molecule has 0 amide bonds. The average molecular weight is 139 g/mol. The Morgan fingerprint density at radius 2 is 2.12 bits per heavy atom. The van der Waals surface area contributed by atoms with Crippen molar-refractivity contribution in [2.75, 3.05) is 27.2 Å². The van der Waals surface area contributed by atoms with Crippen LogP contribution in [0.4, 0.5) is 0 Å². The number of hydrogen-bond donors (Lipinski definition) is 0. The highest BCUT2D eigenvalue weighted by Crippen LogP contribution is 2.07. The number of rotatable bonds is 2. The van der Waals surface area contributed by atoms with E-state index in [1.165, 1.54) is 0 Å². The summed E-state index contributed by atoms with van der Waals surface area (Å²) in [6.07, 6.45) is 0.551. The van der Waals surface area contributed by atoms with Crippen LogP contribution < -0.4 is 0 Å². The van der Waals surface area contributed by atoms with Crippen LogP contribution in [0, 0.1) is 12.4 Å². The number of epoxide rings is 1. The number of hydrogen-bond acceptors (Lipinski definition) is 2. The summed E-state index contributed by atoms with van der Waals surface area (Å²) in [7, 11) is 4.11. The number of likely N-dealkylation sites (N-methyl/N-ethyl adjacent to an activating group) is 1. The van der Waals surface area contributed by atoms with Gasteiger partial charge >= 0.3 is 0 Å². The van der Waals surface area contributed by atoms with E-state index in [0.29, 0.717) is 6.10 Å². The van der Waals surface area contributed by atoms with Crippen molar-refractivity contribution < 1.29 is 17.1 Å². The van der Waals surface area contributed by atoms with E-state index in [0.717, 1.165) is 13.2 Å². The molecule has 8 heavy (non-hydrogen) atoms. The normalized spacial score (nSPS) is 25.1. The Kier molecular flexibility index (Phi) is 3.36. The molecule has 1 aliphatic rings. The molecule has 0 aromatic rings. The van der Waals surface area contributed by atoms with Crippen LogP contribution in [-0.4, -0.2) is 38.3 Å². The lowest BCUT2D eigenvalue weighted by Crippen LogP contribution is -2.17. The van der Waals surface area contributed by atoms with Crippen molar-refractivity contribution >= 4 is 0 Å². The lowest BCUT2D eigenvalue weighted by Gasteiger charge is -2.03. The summed E-state index contributed by atoms with van der Waals surface area (Å²) in [5.41, 5.74) is 0. The van der Waals surface area contributed by atoms with Gasteiger partial charge in [-0.1, -0.05) is 0 Å². The highest BCUT2D eigenvalue weighted by molar-refractivity contribution is 4.70. The molecule has 1 atom stereocenters. The van der Waals surface area contributed by atoms with Crippen LogP contribution >= 0.6 is 0 Å². The van der Waals surface area contributed by atoms with Crippen molar-refractivity contribution in [1.82, 2.24) is 4.90 Å². The van der Waals surface area contributed by atoms with Gasteiger partial charge in [0.15, 0.2) is 0 Å². The molecule has 0 aromatic heterocycles. The van der Waals surface area contributed by atoms with Crippen LogP contribution in [0.2, 0.25) is 0 Å². The van der Waals surface area contributed by atoms with Gasteiger partial charge in [-0.15, -0.1) is 0 Å². The zero-order valence-electron chi connectivity index (χ0n) is 5.29. The molecule has 1 aliphatic heterocycles. The number of nitrogens with zero attached hydrogens (tertiary/aromatic N) is 1. The minimum Gasteiger partial charge on any atom is -0.372 e. The molecule has 1 fully saturated rings. The Hall–Kier alpha value is 0.210.